The van der Waals surface area contributed by atoms with Crippen LogP contribution >= 0.6 is 23.5 Å². The Bertz CT molecular complexity index is 261. The van der Waals surface area contributed by atoms with E-state index in [1.165, 1.54) is 11.8 Å². The maximum atomic E-state index is 10.8. The molecule has 6 heteroatoms. The molecular weight excluding hydrogens is 260 g/mol. The van der Waals surface area contributed by atoms with Crippen molar-refractivity contribution in [1.29, 1.82) is 0 Å². The van der Waals surface area contributed by atoms with E-state index >= 15 is 0 Å². The number of carboxylic acid groups (broad SMARTS) is 2. The molecule has 0 aliphatic carbocycles. The molecule has 0 rings (SSSR count). The van der Waals surface area contributed by atoms with E-state index in [9.17, 15) is 9.59 Å². The van der Waals surface area contributed by atoms with Gasteiger partial charge < -0.3 is 10.2 Å². The molecule has 0 aliphatic rings. The lowest BCUT2D eigenvalue weighted by atomic mass is 10.0. The van der Waals surface area contributed by atoms with E-state index in [0.29, 0.717) is 5.75 Å². The van der Waals surface area contributed by atoms with E-state index < -0.39 is 17.2 Å². The first-order chi connectivity index (χ1) is 7.72. The summed E-state index contributed by atoms with van der Waals surface area (Å²) >= 11 is 2.98. The van der Waals surface area contributed by atoms with E-state index in [1.807, 2.05) is 0 Å². The van der Waals surface area contributed by atoms with E-state index in [-0.39, 0.29) is 11.8 Å². The Morgan fingerprint density at radius 2 is 1.76 bits per heavy atom. The quantitative estimate of drug-likeness (QED) is 0.665. The number of thioether (sulfide) groups is 2. The van der Waals surface area contributed by atoms with Gasteiger partial charge in [-0.05, 0) is 11.2 Å². The lowest BCUT2D eigenvalue weighted by Gasteiger charge is -2.17. The van der Waals surface area contributed by atoms with Crippen LogP contribution in [0.15, 0.2) is 0 Å². The fourth-order valence-corrected chi connectivity index (χ4v) is 3.30. The third kappa shape index (κ3) is 10.5. The zero-order valence-electron chi connectivity index (χ0n) is 10.4. The highest BCUT2D eigenvalue weighted by Gasteiger charge is 2.21. The Balaban J connectivity index is 3.76. The van der Waals surface area contributed by atoms with Gasteiger partial charge in [-0.1, -0.05) is 20.8 Å². The first kappa shape index (κ1) is 16.6. The van der Waals surface area contributed by atoms with E-state index in [4.69, 9.17) is 10.2 Å². The van der Waals surface area contributed by atoms with Crippen molar-refractivity contribution in [2.24, 2.45) is 5.41 Å². The van der Waals surface area contributed by atoms with Crippen molar-refractivity contribution in [3.63, 3.8) is 0 Å². The van der Waals surface area contributed by atoms with Gasteiger partial charge in [0.2, 0.25) is 0 Å². The van der Waals surface area contributed by atoms with Crippen LogP contribution < -0.4 is 0 Å². The van der Waals surface area contributed by atoms with Gasteiger partial charge in [-0.15, -0.1) is 11.8 Å². The lowest BCUT2D eigenvalue weighted by molar-refractivity contribution is -0.142. The van der Waals surface area contributed by atoms with Crippen LogP contribution in [0, 0.1) is 5.41 Å². The Hall–Kier alpha value is -0.360. The van der Waals surface area contributed by atoms with E-state index in [1.54, 1.807) is 11.8 Å². The van der Waals surface area contributed by atoms with Crippen LogP contribution in [-0.2, 0) is 9.59 Å². The highest BCUT2D eigenvalue weighted by atomic mass is 32.2. The van der Waals surface area contributed by atoms with Gasteiger partial charge in [0, 0.05) is 11.5 Å². The number of carboxylic acids is 2. The van der Waals surface area contributed by atoms with Crippen LogP contribution in [0.25, 0.3) is 0 Å². The number of aliphatic carboxylic acids is 2. The third-order valence-electron chi connectivity index (χ3n) is 1.72. The summed E-state index contributed by atoms with van der Waals surface area (Å²) in [5, 5.41) is 16.5. The molecule has 0 saturated carbocycles. The molecule has 0 spiro atoms. The highest BCUT2D eigenvalue weighted by Crippen LogP contribution is 2.22. The van der Waals surface area contributed by atoms with E-state index in [2.05, 4.69) is 20.8 Å². The monoisotopic (exact) mass is 280 g/mol. The normalized spacial score (nSPS) is 13.4. The van der Waals surface area contributed by atoms with Crippen LogP contribution in [0.1, 0.15) is 27.2 Å². The maximum Gasteiger partial charge on any atom is 0.317 e. The molecule has 1 atom stereocenters. The molecule has 1 unspecified atom stereocenters. The Labute approximate surface area is 111 Å². The molecular formula is C11H20O4S2. The molecule has 0 aromatic rings. The Morgan fingerprint density at radius 3 is 2.18 bits per heavy atom. The fraction of sp³-hybridized carbons (Fsp3) is 0.818. The summed E-state index contributed by atoms with van der Waals surface area (Å²) in [5.74, 6) is 0.436. The molecule has 0 amide bonds. The van der Waals surface area contributed by atoms with Crippen LogP contribution in [-0.4, -0.2) is 44.7 Å². The summed E-state index contributed by atoms with van der Waals surface area (Å²) in [6.45, 7) is 6.45. The van der Waals surface area contributed by atoms with Crippen LogP contribution in [0.2, 0.25) is 0 Å². The third-order valence-corrected chi connectivity index (χ3v) is 4.75. The molecule has 0 aliphatic heterocycles. The minimum atomic E-state index is -1.06. The second-order valence-corrected chi connectivity index (χ2v) is 7.32. The summed E-state index contributed by atoms with van der Waals surface area (Å²) < 4.78 is 0. The first-order valence-corrected chi connectivity index (χ1v) is 7.56. The summed E-state index contributed by atoms with van der Waals surface area (Å²) in [7, 11) is 0. The van der Waals surface area contributed by atoms with Crippen molar-refractivity contribution in [3.05, 3.63) is 0 Å². The predicted octanol–water partition coefficient (Wildman–Crippen LogP) is 2.43. The SMILES string of the molecule is CC(C)(C)CSCCSC(CC(=O)O)C(=O)O. The molecule has 0 bridgehead atoms. The van der Waals surface area contributed by atoms with Crippen molar-refractivity contribution in [2.75, 3.05) is 17.3 Å². The van der Waals surface area contributed by atoms with Crippen LogP contribution in [0.3, 0.4) is 0 Å². The molecule has 2 N–H and O–H groups in total. The van der Waals surface area contributed by atoms with Crippen LogP contribution in [0.5, 0.6) is 0 Å². The Kier molecular flexibility index (Phi) is 7.70. The highest BCUT2D eigenvalue weighted by molar-refractivity contribution is 8.03. The second-order valence-electron chi connectivity index (χ2n) is 4.91. The van der Waals surface area contributed by atoms with Crippen molar-refractivity contribution in [1.82, 2.24) is 0 Å². The zero-order valence-corrected chi connectivity index (χ0v) is 12.1. The summed E-state index contributed by atoms with van der Waals surface area (Å²) in [5.41, 5.74) is 0.266. The van der Waals surface area contributed by atoms with Gasteiger partial charge in [-0.2, -0.15) is 11.8 Å². The van der Waals surface area contributed by atoms with Crippen molar-refractivity contribution in [2.45, 2.75) is 32.4 Å². The number of carbonyl (C=O) groups is 2. The van der Waals surface area contributed by atoms with Gasteiger partial charge in [0.15, 0.2) is 0 Å². The molecule has 0 aromatic heterocycles. The molecule has 0 fully saturated rings. The average molecular weight is 280 g/mol. The lowest BCUT2D eigenvalue weighted by Crippen LogP contribution is -2.21. The smallest absolute Gasteiger partial charge is 0.317 e. The standard InChI is InChI=1S/C11H20O4S2/c1-11(2,3)7-16-4-5-17-8(10(14)15)6-9(12)13/h8H,4-7H2,1-3H3,(H,12,13)(H,14,15). The number of hydrogen-bond donors (Lipinski definition) is 2. The average Bonchev–Trinajstić information content (AvgIpc) is 2.12. The molecule has 0 radical (unpaired) electrons. The first-order valence-electron chi connectivity index (χ1n) is 5.36. The number of hydrogen-bond acceptors (Lipinski definition) is 4. The topological polar surface area (TPSA) is 74.6 Å². The maximum absolute atomic E-state index is 10.8. The largest absolute Gasteiger partial charge is 0.481 e. The second kappa shape index (κ2) is 7.87. The van der Waals surface area contributed by atoms with Gasteiger partial charge in [0.05, 0.1) is 6.42 Å². The van der Waals surface area contributed by atoms with Crippen molar-refractivity contribution >= 4 is 35.5 Å². The van der Waals surface area contributed by atoms with Gasteiger partial charge in [0.25, 0.3) is 0 Å². The summed E-state index contributed by atoms with van der Waals surface area (Å²) in [6.07, 6.45) is -0.316. The van der Waals surface area contributed by atoms with Gasteiger partial charge in [-0.25, -0.2) is 0 Å². The predicted molar refractivity (Wildman–Crippen MR) is 72.9 cm³/mol. The van der Waals surface area contributed by atoms with Crippen molar-refractivity contribution < 1.29 is 19.8 Å². The van der Waals surface area contributed by atoms with Gasteiger partial charge in [-0.3, -0.25) is 9.59 Å². The summed E-state index contributed by atoms with van der Waals surface area (Å²) in [6, 6.07) is 0. The molecule has 4 nitrogen and oxygen atoms in total. The fourth-order valence-electron chi connectivity index (χ4n) is 1.00. The van der Waals surface area contributed by atoms with E-state index in [0.717, 1.165) is 11.5 Å². The molecule has 0 heterocycles. The number of rotatable bonds is 8. The molecule has 0 aromatic carbocycles. The minimum Gasteiger partial charge on any atom is -0.481 e. The minimum absolute atomic E-state index is 0.266. The van der Waals surface area contributed by atoms with Crippen LogP contribution in [0.4, 0.5) is 0 Å². The zero-order chi connectivity index (χ0) is 13.5. The molecule has 100 valence electrons. The van der Waals surface area contributed by atoms with Gasteiger partial charge >= 0.3 is 11.9 Å². The van der Waals surface area contributed by atoms with Crippen molar-refractivity contribution in [3.8, 4) is 0 Å². The molecule has 17 heavy (non-hydrogen) atoms. The molecule has 0 saturated heterocycles. The summed E-state index contributed by atoms with van der Waals surface area (Å²) in [4.78, 5) is 21.2. The van der Waals surface area contributed by atoms with Gasteiger partial charge in [0.1, 0.15) is 5.25 Å². The Morgan fingerprint density at radius 1 is 1.18 bits per heavy atom.